The number of benzene rings is 1. The van der Waals surface area contributed by atoms with Crippen molar-refractivity contribution in [3.8, 4) is 0 Å². The van der Waals surface area contributed by atoms with Gasteiger partial charge >= 0.3 is 0 Å². The average Bonchev–Trinajstić information content (AvgIpc) is 2.95. The van der Waals surface area contributed by atoms with Crippen molar-refractivity contribution in [3.63, 3.8) is 0 Å². The second-order valence-corrected chi connectivity index (χ2v) is 7.06. The zero-order chi connectivity index (χ0) is 14.8. The number of nitrogens with one attached hydrogen (secondary N) is 1. The highest BCUT2D eigenvalue weighted by Gasteiger charge is 2.67. The third kappa shape index (κ3) is 3.21. The quantitative estimate of drug-likeness (QED) is 0.646. The Bertz CT molecular complexity index is 478. The highest BCUT2D eigenvalue weighted by atomic mass is 35.5. The summed E-state index contributed by atoms with van der Waals surface area (Å²) >= 11 is 12.0. The van der Waals surface area contributed by atoms with Gasteiger partial charge in [0.15, 0.2) is 0 Å². The monoisotopic (exact) mass is 314 g/mol. The minimum atomic E-state index is -0.891. The van der Waals surface area contributed by atoms with E-state index in [1.54, 1.807) is 6.92 Å². The van der Waals surface area contributed by atoms with Crippen LogP contribution in [0.25, 0.3) is 0 Å². The van der Waals surface area contributed by atoms with Crippen molar-refractivity contribution in [2.24, 2.45) is 5.41 Å². The Kier molecular flexibility index (Phi) is 4.50. The molecule has 110 valence electrons. The van der Waals surface area contributed by atoms with Gasteiger partial charge in [0.05, 0.1) is 5.41 Å². The summed E-state index contributed by atoms with van der Waals surface area (Å²) in [7, 11) is 2.04. The molecule has 0 spiro atoms. The maximum absolute atomic E-state index is 12.0. The van der Waals surface area contributed by atoms with E-state index in [-0.39, 0.29) is 5.91 Å². The van der Waals surface area contributed by atoms with E-state index < -0.39 is 9.75 Å². The molecule has 1 fully saturated rings. The van der Waals surface area contributed by atoms with Crippen LogP contribution < -0.4 is 10.2 Å². The second-order valence-electron chi connectivity index (χ2n) is 5.58. The van der Waals surface area contributed by atoms with E-state index in [4.69, 9.17) is 23.2 Å². The molecule has 1 unspecified atom stereocenters. The van der Waals surface area contributed by atoms with Crippen LogP contribution in [-0.4, -0.2) is 30.4 Å². The molecule has 2 rings (SSSR count). The summed E-state index contributed by atoms with van der Waals surface area (Å²) in [5, 5.41) is 2.91. The Morgan fingerprint density at radius 1 is 1.35 bits per heavy atom. The molecule has 1 aromatic rings. The molecule has 0 saturated heterocycles. The first-order valence-corrected chi connectivity index (χ1v) is 7.55. The lowest BCUT2D eigenvalue weighted by Crippen LogP contribution is -2.35. The van der Waals surface area contributed by atoms with Gasteiger partial charge in [0.25, 0.3) is 0 Å². The van der Waals surface area contributed by atoms with Crippen molar-refractivity contribution in [2.45, 2.75) is 24.1 Å². The summed E-state index contributed by atoms with van der Waals surface area (Å²) in [5.41, 5.74) is 0.551. The van der Waals surface area contributed by atoms with Gasteiger partial charge < -0.3 is 10.2 Å². The van der Waals surface area contributed by atoms with Crippen molar-refractivity contribution in [1.82, 2.24) is 5.32 Å². The molecule has 0 radical (unpaired) electrons. The Balaban J connectivity index is 1.69. The second kappa shape index (κ2) is 5.82. The lowest BCUT2D eigenvalue weighted by atomic mass is 10.1. The topological polar surface area (TPSA) is 32.3 Å². The zero-order valence-electron chi connectivity index (χ0n) is 11.8. The van der Waals surface area contributed by atoms with Gasteiger partial charge in [0.1, 0.15) is 4.33 Å². The molecular weight excluding hydrogens is 295 g/mol. The highest BCUT2D eigenvalue weighted by molar-refractivity contribution is 6.53. The fraction of sp³-hybridized carbons (Fsp3) is 0.533. The number of amides is 1. The highest BCUT2D eigenvalue weighted by Crippen LogP contribution is 2.63. The summed E-state index contributed by atoms with van der Waals surface area (Å²) in [5.74, 6) is -0.0511. The van der Waals surface area contributed by atoms with Gasteiger partial charge in [0.2, 0.25) is 5.91 Å². The van der Waals surface area contributed by atoms with Crippen molar-refractivity contribution in [3.05, 3.63) is 30.3 Å². The fourth-order valence-electron chi connectivity index (χ4n) is 2.17. The lowest BCUT2D eigenvalue weighted by molar-refractivity contribution is -0.125. The number of anilines is 1. The molecule has 3 nitrogen and oxygen atoms in total. The molecule has 0 heterocycles. The van der Waals surface area contributed by atoms with E-state index in [2.05, 4.69) is 22.3 Å². The molecule has 1 atom stereocenters. The van der Waals surface area contributed by atoms with Crippen molar-refractivity contribution in [1.29, 1.82) is 0 Å². The molecule has 1 saturated carbocycles. The Hall–Kier alpha value is -0.930. The van der Waals surface area contributed by atoms with E-state index in [0.717, 1.165) is 13.0 Å². The number of carbonyl (C=O) groups excluding carboxylic acids is 1. The average molecular weight is 315 g/mol. The molecular formula is C15H20Cl2N2O. The molecule has 0 bridgehead atoms. The lowest BCUT2D eigenvalue weighted by Gasteiger charge is -2.19. The van der Waals surface area contributed by atoms with Gasteiger partial charge in [-0.15, -0.1) is 23.2 Å². The smallest absolute Gasteiger partial charge is 0.229 e. The summed E-state index contributed by atoms with van der Waals surface area (Å²) in [6, 6.07) is 10.2. The molecule has 0 aliphatic heterocycles. The normalized spacial score (nSPS) is 23.2. The van der Waals surface area contributed by atoms with Crippen LogP contribution in [0.3, 0.4) is 0 Å². The first-order chi connectivity index (χ1) is 9.37. The molecule has 1 aromatic carbocycles. The van der Waals surface area contributed by atoms with E-state index in [9.17, 15) is 4.79 Å². The minimum absolute atomic E-state index is 0.0511. The standard InChI is InChI=1S/C15H20Cl2N2O/c1-14(11-15(14,16)17)13(20)18-9-6-10-19(2)12-7-4-3-5-8-12/h3-5,7-8H,6,9-11H2,1-2H3,(H,18,20). The Labute approximate surface area is 130 Å². The molecule has 0 aromatic heterocycles. The van der Waals surface area contributed by atoms with Crippen LogP contribution in [0.2, 0.25) is 0 Å². The number of rotatable bonds is 6. The SMILES string of the molecule is CN(CCCNC(=O)C1(C)CC1(Cl)Cl)c1ccccc1. The first-order valence-electron chi connectivity index (χ1n) is 6.79. The van der Waals surface area contributed by atoms with Gasteiger partial charge in [-0.05, 0) is 31.9 Å². The molecule has 1 amide bonds. The van der Waals surface area contributed by atoms with Crippen molar-refractivity contribution >= 4 is 34.8 Å². The largest absolute Gasteiger partial charge is 0.375 e. The van der Waals surface area contributed by atoms with Gasteiger partial charge in [0, 0.05) is 25.8 Å². The Morgan fingerprint density at radius 2 is 1.95 bits per heavy atom. The fourth-order valence-corrected chi connectivity index (χ4v) is 2.88. The molecule has 1 N–H and O–H groups in total. The predicted octanol–water partition coefficient (Wildman–Crippen LogP) is 3.21. The van der Waals surface area contributed by atoms with Crippen LogP contribution in [-0.2, 0) is 4.79 Å². The van der Waals surface area contributed by atoms with Crippen molar-refractivity contribution < 1.29 is 4.79 Å². The number of halogens is 2. The number of nitrogens with zero attached hydrogens (tertiary/aromatic N) is 1. The van der Waals surface area contributed by atoms with Crippen molar-refractivity contribution in [2.75, 3.05) is 25.0 Å². The number of hydrogen-bond donors (Lipinski definition) is 1. The number of para-hydroxylation sites is 1. The number of alkyl halides is 2. The van der Waals surface area contributed by atoms with Gasteiger partial charge in [-0.2, -0.15) is 0 Å². The molecule has 5 heteroatoms. The van der Waals surface area contributed by atoms with Crippen LogP contribution in [0.5, 0.6) is 0 Å². The van der Waals surface area contributed by atoms with Crippen LogP contribution >= 0.6 is 23.2 Å². The third-order valence-electron chi connectivity index (χ3n) is 3.91. The maximum atomic E-state index is 12.0. The first kappa shape index (κ1) is 15.5. The van der Waals surface area contributed by atoms with Gasteiger partial charge in [-0.1, -0.05) is 18.2 Å². The molecule has 20 heavy (non-hydrogen) atoms. The van der Waals surface area contributed by atoms with E-state index in [1.165, 1.54) is 5.69 Å². The summed E-state index contributed by atoms with van der Waals surface area (Å²) in [6.07, 6.45) is 1.41. The Morgan fingerprint density at radius 3 is 2.50 bits per heavy atom. The summed E-state index contributed by atoms with van der Waals surface area (Å²) in [6.45, 7) is 3.32. The van der Waals surface area contributed by atoms with E-state index in [0.29, 0.717) is 13.0 Å². The summed E-state index contributed by atoms with van der Waals surface area (Å²) < 4.78 is -0.891. The van der Waals surface area contributed by atoms with E-state index in [1.807, 2.05) is 25.2 Å². The maximum Gasteiger partial charge on any atom is 0.229 e. The zero-order valence-corrected chi connectivity index (χ0v) is 13.3. The van der Waals surface area contributed by atoms with Gasteiger partial charge in [-0.25, -0.2) is 0 Å². The minimum Gasteiger partial charge on any atom is -0.375 e. The number of hydrogen-bond acceptors (Lipinski definition) is 2. The van der Waals surface area contributed by atoms with Crippen LogP contribution in [0, 0.1) is 5.41 Å². The molecule has 1 aliphatic rings. The summed E-state index contributed by atoms with van der Waals surface area (Å²) in [4.78, 5) is 14.1. The predicted molar refractivity (Wildman–Crippen MR) is 84.5 cm³/mol. The van der Waals surface area contributed by atoms with Crippen LogP contribution in [0.4, 0.5) is 5.69 Å². The van der Waals surface area contributed by atoms with Crippen LogP contribution in [0.1, 0.15) is 19.8 Å². The van der Waals surface area contributed by atoms with Gasteiger partial charge in [-0.3, -0.25) is 4.79 Å². The third-order valence-corrected chi connectivity index (χ3v) is 5.01. The van der Waals surface area contributed by atoms with E-state index >= 15 is 0 Å². The molecule has 1 aliphatic carbocycles. The van der Waals surface area contributed by atoms with Crippen LogP contribution in [0.15, 0.2) is 30.3 Å². The number of carbonyl (C=O) groups is 1.